The number of phenols is 1. The molecule has 1 heterocycles. The van der Waals surface area contributed by atoms with Crippen LogP contribution >= 0.6 is 0 Å². The van der Waals surface area contributed by atoms with Gasteiger partial charge in [-0.15, -0.1) is 0 Å². The number of hydrogen-bond acceptors (Lipinski definition) is 4. The molecule has 0 radical (unpaired) electrons. The Balaban J connectivity index is 2.27. The quantitative estimate of drug-likeness (QED) is 0.811. The molecule has 1 aliphatic rings. The number of hydrogen-bond donors (Lipinski definition) is 1. The molecule has 1 aromatic rings. The van der Waals surface area contributed by atoms with E-state index in [9.17, 15) is 5.11 Å². The predicted molar refractivity (Wildman–Crippen MR) is 70.4 cm³/mol. The van der Waals surface area contributed by atoms with Gasteiger partial charge in [-0.1, -0.05) is 6.07 Å². The summed E-state index contributed by atoms with van der Waals surface area (Å²) in [6.07, 6.45) is 0. The van der Waals surface area contributed by atoms with Gasteiger partial charge < -0.3 is 19.2 Å². The first-order valence-corrected chi connectivity index (χ1v) is 5.99. The van der Waals surface area contributed by atoms with Crippen LogP contribution in [0.2, 0.25) is 0 Å². The van der Waals surface area contributed by atoms with Crippen molar-refractivity contribution in [2.24, 2.45) is 0 Å². The third-order valence-corrected chi connectivity index (χ3v) is 3.73. The van der Waals surface area contributed by atoms with E-state index in [2.05, 4.69) is 0 Å². The number of aromatic hydroxyl groups is 1. The van der Waals surface area contributed by atoms with Gasteiger partial charge in [-0.3, -0.25) is 0 Å². The molecule has 0 unspecified atom stereocenters. The van der Waals surface area contributed by atoms with Crippen LogP contribution in [0.4, 0.5) is 0 Å². The number of rotatable bonds is 2. The second-order valence-corrected chi connectivity index (χ2v) is 5.52. The van der Waals surface area contributed by atoms with Crippen molar-refractivity contribution in [1.82, 2.24) is 0 Å². The molecule has 0 aliphatic carbocycles. The molecule has 0 aromatic heterocycles. The SMILES string of the molecule is COc1ccc(B2OC(C)(C)C(C)(C)O2)cc1O. The van der Waals surface area contributed by atoms with Crippen LogP contribution in [-0.4, -0.2) is 30.5 Å². The van der Waals surface area contributed by atoms with Crippen molar-refractivity contribution in [2.75, 3.05) is 7.11 Å². The molecule has 98 valence electrons. The third-order valence-electron chi connectivity index (χ3n) is 3.73. The lowest BCUT2D eigenvalue weighted by Crippen LogP contribution is -2.41. The van der Waals surface area contributed by atoms with Gasteiger partial charge in [0.1, 0.15) is 0 Å². The molecule has 4 nitrogen and oxygen atoms in total. The lowest BCUT2D eigenvalue weighted by molar-refractivity contribution is 0.00578. The second kappa shape index (κ2) is 4.18. The zero-order valence-electron chi connectivity index (χ0n) is 11.5. The van der Waals surface area contributed by atoms with Gasteiger partial charge in [0, 0.05) is 0 Å². The minimum atomic E-state index is -0.466. The highest BCUT2D eigenvalue weighted by molar-refractivity contribution is 6.62. The topological polar surface area (TPSA) is 47.9 Å². The molecular formula is C13H19BO4. The summed E-state index contributed by atoms with van der Waals surface area (Å²) in [6, 6.07) is 5.15. The van der Waals surface area contributed by atoms with Crippen LogP contribution in [0.1, 0.15) is 27.7 Å². The smallest absolute Gasteiger partial charge is 0.494 e. The van der Waals surface area contributed by atoms with Gasteiger partial charge in [-0.2, -0.15) is 0 Å². The summed E-state index contributed by atoms with van der Waals surface area (Å²) in [5, 5.41) is 9.78. The molecule has 1 aliphatic heterocycles. The average molecular weight is 250 g/mol. The Hall–Kier alpha value is -1.20. The predicted octanol–water partition coefficient (Wildman–Crippen LogP) is 1.70. The van der Waals surface area contributed by atoms with Crippen molar-refractivity contribution in [3.63, 3.8) is 0 Å². The summed E-state index contributed by atoms with van der Waals surface area (Å²) in [5.74, 6) is 0.528. The fourth-order valence-electron chi connectivity index (χ4n) is 1.83. The third kappa shape index (κ3) is 2.08. The van der Waals surface area contributed by atoms with Crippen LogP contribution in [0.25, 0.3) is 0 Å². The molecule has 1 saturated heterocycles. The number of methoxy groups -OCH3 is 1. The Morgan fingerprint density at radius 2 is 1.67 bits per heavy atom. The monoisotopic (exact) mass is 250 g/mol. The Morgan fingerprint density at radius 3 is 2.11 bits per heavy atom. The fraction of sp³-hybridized carbons (Fsp3) is 0.538. The van der Waals surface area contributed by atoms with Crippen LogP contribution in [0, 0.1) is 0 Å². The van der Waals surface area contributed by atoms with Gasteiger partial charge >= 0.3 is 7.12 Å². The van der Waals surface area contributed by atoms with Crippen LogP contribution in [0.15, 0.2) is 18.2 Å². The van der Waals surface area contributed by atoms with Gasteiger partial charge in [0.15, 0.2) is 11.5 Å². The Morgan fingerprint density at radius 1 is 1.11 bits per heavy atom. The van der Waals surface area contributed by atoms with Crippen LogP contribution in [-0.2, 0) is 9.31 Å². The lowest BCUT2D eigenvalue weighted by atomic mass is 9.79. The molecule has 1 N–H and O–H groups in total. The first kappa shape index (κ1) is 13.2. The van der Waals surface area contributed by atoms with E-state index in [0.29, 0.717) is 5.75 Å². The highest BCUT2D eigenvalue weighted by Gasteiger charge is 2.51. The zero-order chi connectivity index (χ0) is 13.6. The first-order chi connectivity index (χ1) is 8.27. The molecule has 1 fully saturated rings. The molecule has 0 atom stereocenters. The van der Waals surface area contributed by atoms with Crippen molar-refractivity contribution in [2.45, 2.75) is 38.9 Å². The van der Waals surface area contributed by atoms with E-state index in [1.54, 1.807) is 12.1 Å². The maximum absolute atomic E-state index is 9.78. The number of benzene rings is 1. The van der Waals surface area contributed by atoms with Crippen molar-refractivity contribution in [3.8, 4) is 11.5 Å². The highest BCUT2D eigenvalue weighted by atomic mass is 16.7. The molecule has 0 amide bonds. The van der Waals surface area contributed by atoms with Crippen molar-refractivity contribution < 1.29 is 19.2 Å². The van der Waals surface area contributed by atoms with Gasteiger partial charge in [-0.05, 0) is 45.3 Å². The van der Waals surface area contributed by atoms with E-state index in [-0.39, 0.29) is 17.0 Å². The van der Waals surface area contributed by atoms with E-state index < -0.39 is 7.12 Å². The first-order valence-electron chi connectivity index (χ1n) is 5.99. The van der Waals surface area contributed by atoms with E-state index >= 15 is 0 Å². The summed E-state index contributed by atoms with van der Waals surface area (Å²) in [4.78, 5) is 0. The van der Waals surface area contributed by atoms with Gasteiger partial charge in [0.25, 0.3) is 0 Å². The highest BCUT2D eigenvalue weighted by Crippen LogP contribution is 2.37. The molecule has 1 aromatic carbocycles. The molecule has 5 heteroatoms. The van der Waals surface area contributed by atoms with E-state index in [4.69, 9.17) is 14.0 Å². The number of ether oxygens (including phenoxy) is 1. The van der Waals surface area contributed by atoms with E-state index in [0.717, 1.165) is 5.46 Å². The van der Waals surface area contributed by atoms with Gasteiger partial charge in [0.05, 0.1) is 18.3 Å². The fourth-order valence-corrected chi connectivity index (χ4v) is 1.83. The Bertz CT molecular complexity index is 440. The lowest BCUT2D eigenvalue weighted by Gasteiger charge is -2.32. The largest absolute Gasteiger partial charge is 0.504 e. The van der Waals surface area contributed by atoms with Gasteiger partial charge in [-0.25, -0.2) is 0 Å². The Labute approximate surface area is 108 Å². The van der Waals surface area contributed by atoms with Crippen LogP contribution in [0.3, 0.4) is 0 Å². The molecule has 2 rings (SSSR count). The van der Waals surface area contributed by atoms with Crippen LogP contribution in [0.5, 0.6) is 11.5 Å². The molecular weight excluding hydrogens is 231 g/mol. The second-order valence-electron chi connectivity index (χ2n) is 5.52. The Kier molecular flexibility index (Phi) is 3.07. The number of phenolic OH excluding ortho intramolecular Hbond substituents is 1. The van der Waals surface area contributed by atoms with Crippen molar-refractivity contribution in [3.05, 3.63) is 18.2 Å². The van der Waals surface area contributed by atoms with E-state index in [1.165, 1.54) is 7.11 Å². The van der Waals surface area contributed by atoms with Crippen LogP contribution < -0.4 is 10.2 Å². The minimum Gasteiger partial charge on any atom is -0.504 e. The normalized spacial score (nSPS) is 21.1. The standard InChI is InChI=1S/C13H19BO4/c1-12(2)13(3,4)18-14(17-12)9-6-7-11(16-5)10(15)8-9/h6-8,15H,1-5H3. The minimum absolute atomic E-state index is 0.0877. The molecule has 0 bridgehead atoms. The zero-order valence-corrected chi connectivity index (χ0v) is 11.5. The van der Waals surface area contributed by atoms with Crippen molar-refractivity contribution in [1.29, 1.82) is 0 Å². The molecule has 18 heavy (non-hydrogen) atoms. The summed E-state index contributed by atoms with van der Waals surface area (Å²) in [5.41, 5.74) is 0.0207. The summed E-state index contributed by atoms with van der Waals surface area (Å²) >= 11 is 0. The maximum Gasteiger partial charge on any atom is 0.494 e. The summed E-state index contributed by atoms with van der Waals surface area (Å²) < 4.78 is 16.8. The molecule has 0 spiro atoms. The van der Waals surface area contributed by atoms with Crippen molar-refractivity contribution >= 4 is 12.6 Å². The summed E-state index contributed by atoms with van der Waals surface area (Å²) in [7, 11) is 1.05. The average Bonchev–Trinajstić information content (AvgIpc) is 2.48. The summed E-state index contributed by atoms with van der Waals surface area (Å²) in [6.45, 7) is 7.99. The van der Waals surface area contributed by atoms with E-state index in [1.807, 2.05) is 33.8 Å². The maximum atomic E-state index is 9.78. The molecule has 0 saturated carbocycles. The van der Waals surface area contributed by atoms with Gasteiger partial charge in [0.2, 0.25) is 0 Å².